The minimum absolute atomic E-state index is 0.0592. The number of hydrogen-bond acceptors (Lipinski definition) is 5. The zero-order valence-corrected chi connectivity index (χ0v) is 20.9. The van der Waals surface area contributed by atoms with Gasteiger partial charge >= 0.3 is 0 Å². The molecule has 0 aromatic carbocycles. The molecule has 2 aromatic rings. The van der Waals surface area contributed by atoms with Crippen molar-refractivity contribution in [3.05, 3.63) is 23.4 Å². The first kappa shape index (κ1) is 21.0. The van der Waals surface area contributed by atoms with E-state index in [0.29, 0.717) is 10.2 Å². The molecule has 140 valence electrons. The second-order valence-electron chi connectivity index (χ2n) is 6.25. The van der Waals surface area contributed by atoms with E-state index in [2.05, 4.69) is 51.8 Å². The molecule has 26 heavy (non-hydrogen) atoms. The predicted molar refractivity (Wildman–Crippen MR) is 128 cm³/mol. The molecule has 0 saturated carbocycles. The lowest BCUT2D eigenvalue weighted by Gasteiger charge is -2.21. The molecule has 1 aliphatic rings. The van der Waals surface area contributed by atoms with E-state index in [1.807, 2.05) is 6.08 Å². The van der Waals surface area contributed by atoms with Gasteiger partial charge in [0.05, 0.1) is 17.2 Å². The van der Waals surface area contributed by atoms with E-state index in [-0.39, 0.29) is 5.91 Å². The average molecular weight is 553 g/mol. The summed E-state index contributed by atoms with van der Waals surface area (Å²) in [5.74, 6) is 0.583. The Hall–Kier alpha value is 0.270. The Morgan fingerprint density at radius 1 is 1.27 bits per heavy atom. The van der Waals surface area contributed by atoms with Crippen molar-refractivity contribution in [2.45, 2.75) is 39.5 Å². The van der Waals surface area contributed by atoms with Crippen LogP contribution in [0.1, 0.15) is 44.4 Å². The van der Waals surface area contributed by atoms with E-state index in [1.54, 1.807) is 27.6 Å². The molecule has 3 heterocycles. The summed E-state index contributed by atoms with van der Waals surface area (Å²) in [7, 11) is 0. The van der Waals surface area contributed by atoms with Gasteiger partial charge in [-0.3, -0.25) is 9.69 Å². The Morgan fingerprint density at radius 3 is 2.69 bits per heavy atom. The Balaban J connectivity index is 1.78. The number of amides is 1. The largest absolute Gasteiger partial charge is 0.293 e. The van der Waals surface area contributed by atoms with Crippen molar-refractivity contribution in [2.24, 2.45) is 5.92 Å². The third kappa shape index (κ3) is 4.46. The van der Waals surface area contributed by atoms with E-state index in [4.69, 9.17) is 12.2 Å². The summed E-state index contributed by atoms with van der Waals surface area (Å²) < 4.78 is 4.15. The Morgan fingerprint density at radius 2 is 2.04 bits per heavy atom. The quantitative estimate of drug-likeness (QED) is 0.257. The van der Waals surface area contributed by atoms with Gasteiger partial charge in [-0.25, -0.2) is 0 Å². The number of carbonyl (C=O) groups is 1. The molecule has 1 saturated heterocycles. The molecule has 1 aliphatic heterocycles. The smallest absolute Gasteiger partial charge is 0.266 e. The Labute approximate surface area is 188 Å². The van der Waals surface area contributed by atoms with Crippen LogP contribution in [0, 0.1) is 5.92 Å². The number of halogens is 2. The van der Waals surface area contributed by atoms with Crippen molar-refractivity contribution >= 4 is 105 Å². The molecule has 2 aromatic heterocycles. The molecule has 0 spiro atoms. The Kier molecular flexibility index (Phi) is 7.41. The summed E-state index contributed by atoms with van der Waals surface area (Å²) in [4.78, 5) is 16.5. The van der Waals surface area contributed by atoms with Crippen molar-refractivity contribution in [1.29, 1.82) is 0 Å². The van der Waals surface area contributed by atoms with Gasteiger partial charge in [0.15, 0.2) is 0 Å². The zero-order chi connectivity index (χ0) is 18.8. The fourth-order valence-corrected chi connectivity index (χ4v) is 8.67. The maximum Gasteiger partial charge on any atom is 0.266 e. The molecule has 3 rings (SSSR count). The molecule has 2 nitrogen and oxygen atoms in total. The van der Waals surface area contributed by atoms with E-state index in [0.717, 1.165) is 36.7 Å². The molecule has 0 bridgehead atoms. The van der Waals surface area contributed by atoms with Gasteiger partial charge in [-0.05, 0) is 56.3 Å². The Bertz CT molecular complexity index is 836. The van der Waals surface area contributed by atoms with Crippen LogP contribution in [0.3, 0.4) is 0 Å². The second-order valence-corrected chi connectivity index (χ2v) is 12.7. The third-order valence-electron chi connectivity index (χ3n) is 4.45. The van der Waals surface area contributed by atoms with Gasteiger partial charge in [0.2, 0.25) is 0 Å². The number of unbranched alkanes of at least 4 members (excludes halogenated alkanes) is 1. The van der Waals surface area contributed by atoms with Crippen molar-refractivity contribution in [1.82, 2.24) is 4.90 Å². The van der Waals surface area contributed by atoms with Crippen LogP contribution in [-0.4, -0.2) is 21.7 Å². The summed E-state index contributed by atoms with van der Waals surface area (Å²) in [6, 6.07) is 2.13. The molecular formula is C18H19Br2NOS4. The third-order valence-corrected chi connectivity index (χ3v) is 9.90. The lowest BCUT2D eigenvalue weighted by molar-refractivity contribution is -0.122. The van der Waals surface area contributed by atoms with E-state index >= 15 is 0 Å². The second kappa shape index (κ2) is 9.18. The van der Waals surface area contributed by atoms with E-state index in [1.165, 1.54) is 34.7 Å². The summed E-state index contributed by atoms with van der Waals surface area (Å²) in [5.41, 5.74) is 0. The van der Waals surface area contributed by atoms with Crippen molar-refractivity contribution < 1.29 is 4.79 Å². The standard InChI is InChI=1S/C18H19Br2NOS4/c1-3-5-6-10(4-2)9-21-17(22)13(25-18(21)23)8-11-7-12-14(24-11)16(20)26-15(12)19/h7-8,10H,3-6,9H2,1-2H3. The molecule has 1 amide bonds. The van der Waals surface area contributed by atoms with Gasteiger partial charge in [0, 0.05) is 16.8 Å². The van der Waals surface area contributed by atoms with Crippen LogP contribution in [0.5, 0.6) is 0 Å². The van der Waals surface area contributed by atoms with Gasteiger partial charge in [0.1, 0.15) is 4.32 Å². The number of hydrogen-bond donors (Lipinski definition) is 0. The highest BCUT2D eigenvalue weighted by atomic mass is 79.9. The maximum atomic E-state index is 12.9. The van der Waals surface area contributed by atoms with Gasteiger partial charge in [-0.1, -0.05) is 57.1 Å². The van der Waals surface area contributed by atoms with Crippen molar-refractivity contribution in [2.75, 3.05) is 6.54 Å². The first-order valence-corrected chi connectivity index (χ1v) is 13.0. The molecule has 1 fully saturated rings. The number of rotatable bonds is 7. The average Bonchev–Trinajstić information content (AvgIpc) is 3.22. The first-order chi connectivity index (χ1) is 12.4. The molecule has 0 radical (unpaired) electrons. The SMILES string of the molecule is CCCCC(CC)CN1C(=O)C(=Cc2cc3c(Br)sc(Br)c3s2)SC1=S. The molecular weight excluding hydrogens is 534 g/mol. The molecule has 1 unspecified atom stereocenters. The number of thiocarbonyl (C=S) groups is 1. The lowest BCUT2D eigenvalue weighted by Crippen LogP contribution is -2.33. The van der Waals surface area contributed by atoms with Crippen LogP contribution in [0.15, 0.2) is 18.5 Å². The zero-order valence-electron chi connectivity index (χ0n) is 14.5. The monoisotopic (exact) mass is 551 g/mol. The van der Waals surface area contributed by atoms with Crippen LogP contribution >= 0.6 is 78.5 Å². The number of thiophene rings is 2. The van der Waals surface area contributed by atoms with Crippen LogP contribution < -0.4 is 0 Å². The van der Waals surface area contributed by atoms with Gasteiger partial charge in [0.25, 0.3) is 5.91 Å². The molecule has 8 heteroatoms. The van der Waals surface area contributed by atoms with E-state index < -0.39 is 0 Å². The summed E-state index contributed by atoms with van der Waals surface area (Å²) in [5, 5.41) is 1.19. The van der Waals surface area contributed by atoms with Crippen LogP contribution in [0.2, 0.25) is 0 Å². The highest BCUT2D eigenvalue weighted by Crippen LogP contribution is 2.45. The highest BCUT2D eigenvalue weighted by Gasteiger charge is 2.33. The summed E-state index contributed by atoms with van der Waals surface area (Å²) in [6.07, 6.45) is 6.62. The lowest BCUT2D eigenvalue weighted by atomic mass is 9.99. The van der Waals surface area contributed by atoms with Crippen molar-refractivity contribution in [3.63, 3.8) is 0 Å². The minimum Gasteiger partial charge on any atom is -0.293 e. The van der Waals surface area contributed by atoms with Gasteiger partial charge in [-0.2, -0.15) is 0 Å². The molecule has 0 N–H and O–H groups in total. The fourth-order valence-electron chi connectivity index (χ4n) is 2.92. The number of nitrogens with zero attached hydrogens (tertiary/aromatic N) is 1. The van der Waals surface area contributed by atoms with Crippen LogP contribution in [0.25, 0.3) is 16.2 Å². The van der Waals surface area contributed by atoms with Gasteiger partial charge < -0.3 is 0 Å². The fraction of sp³-hybridized carbons (Fsp3) is 0.444. The minimum atomic E-state index is 0.0592. The molecule has 0 aliphatic carbocycles. The predicted octanol–water partition coefficient (Wildman–Crippen LogP) is 7.91. The topological polar surface area (TPSA) is 20.3 Å². The summed E-state index contributed by atoms with van der Waals surface area (Å²) >= 11 is 17.5. The van der Waals surface area contributed by atoms with Crippen LogP contribution in [-0.2, 0) is 4.79 Å². The van der Waals surface area contributed by atoms with Gasteiger partial charge in [-0.15, -0.1) is 22.7 Å². The highest BCUT2D eigenvalue weighted by molar-refractivity contribution is 9.12. The first-order valence-electron chi connectivity index (χ1n) is 8.57. The maximum absolute atomic E-state index is 12.9. The summed E-state index contributed by atoms with van der Waals surface area (Å²) in [6.45, 7) is 5.15. The number of carbonyl (C=O) groups excluding carboxylic acids is 1. The van der Waals surface area contributed by atoms with Crippen LogP contribution in [0.4, 0.5) is 0 Å². The molecule has 1 atom stereocenters. The van der Waals surface area contributed by atoms with Crippen molar-refractivity contribution in [3.8, 4) is 0 Å². The van der Waals surface area contributed by atoms with E-state index in [9.17, 15) is 4.79 Å². The number of fused-ring (bicyclic) bond motifs is 1. The number of thioether (sulfide) groups is 1. The normalized spacial score (nSPS) is 17.8.